The highest BCUT2D eigenvalue weighted by molar-refractivity contribution is 6.43. The third-order valence-corrected chi connectivity index (χ3v) is 3.31. The molecule has 1 amide bonds. The summed E-state index contributed by atoms with van der Waals surface area (Å²) in [5.74, 6) is -1.02. The summed E-state index contributed by atoms with van der Waals surface area (Å²) in [4.78, 5) is 12.2. The molecule has 2 aromatic rings. The lowest BCUT2D eigenvalue weighted by molar-refractivity contribution is 0.0944. The molecule has 0 saturated heterocycles. The van der Waals surface area contributed by atoms with Gasteiger partial charge in [0.2, 0.25) is 0 Å². The van der Waals surface area contributed by atoms with Crippen LogP contribution >= 0.6 is 0 Å². The molecule has 0 heterocycles. The summed E-state index contributed by atoms with van der Waals surface area (Å²) in [6.45, 7) is 1.54. The Morgan fingerprint density at radius 2 is 1.71 bits per heavy atom. The molecule has 2 rings (SSSR count). The Balaban J connectivity index is 2.19. The zero-order valence-corrected chi connectivity index (χ0v) is 11.9. The summed E-state index contributed by atoms with van der Waals surface area (Å²) in [7, 11) is -1.57. The minimum atomic E-state index is -1.57. The van der Waals surface area contributed by atoms with E-state index in [9.17, 15) is 4.79 Å². The van der Waals surface area contributed by atoms with E-state index in [1.165, 1.54) is 0 Å². The molecule has 108 valence electrons. The zero-order chi connectivity index (χ0) is 15.2. The van der Waals surface area contributed by atoms with Crippen LogP contribution in [0, 0.1) is 0 Å². The summed E-state index contributed by atoms with van der Waals surface area (Å²) < 4.78 is 0. The second kappa shape index (κ2) is 7.06. The summed E-state index contributed by atoms with van der Waals surface area (Å²) in [5, 5.41) is 20.7. The Morgan fingerprint density at radius 1 is 1.10 bits per heavy atom. The van der Waals surface area contributed by atoms with Crippen LogP contribution in [-0.4, -0.2) is 29.0 Å². The van der Waals surface area contributed by atoms with E-state index >= 15 is 0 Å². The molecular weight excluding hydrogens is 265 g/mol. The van der Waals surface area contributed by atoms with Crippen molar-refractivity contribution in [1.29, 1.82) is 0 Å². The number of hydrogen-bond acceptors (Lipinski definition) is 3. The number of hydrogen-bond donors (Lipinski definition) is 3. The van der Waals surface area contributed by atoms with Crippen molar-refractivity contribution in [1.82, 2.24) is 5.32 Å². The van der Waals surface area contributed by atoms with Crippen molar-refractivity contribution in [3.8, 4) is 0 Å². The fourth-order valence-corrected chi connectivity index (χ4v) is 2.07. The topological polar surface area (TPSA) is 69.6 Å². The first-order chi connectivity index (χ1) is 10.1. The van der Waals surface area contributed by atoms with Crippen LogP contribution in [0.1, 0.15) is 28.4 Å². The Bertz CT molecular complexity index is 601. The van der Waals surface area contributed by atoms with Gasteiger partial charge in [-0.1, -0.05) is 48.5 Å². The van der Waals surface area contributed by atoms with Crippen molar-refractivity contribution in [2.75, 3.05) is 0 Å². The molecule has 0 fully saturated rings. The number of carbonyl (C=O) groups excluding carboxylic acids is 1. The van der Waals surface area contributed by atoms with Crippen LogP contribution in [0.15, 0.2) is 54.6 Å². The predicted molar refractivity (Wildman–Crippen MR) is 82.8 cm³/mol. The Hall–Kier alpha value is -2.11. The molecule has 0 aliphatic rings. The molecule has 0 bridgehead atoms. The number of amides is 1. The highest BCUT2D eigenvalue weighted by Gasteiger charge is 2.21. The van der Waals surface area contributed by atoms with Crippen molar-refractivity contribution in [2.45, 2.75) is 19.3 Å². The lowest BCUT2D eigenvalue weighted by atomic mass is 9.81. The third kappa shape index (κ3) is 4.18. The van der Waals surface area contributed by atoms with Gasteiger partial charge in [-0.2, -0.15) is 0 Å². The highest BCUT2D eigenvalue weighted by atomic mass is 16.4. The highest BCUT2D eigenvalue weighted by Crippen LogP contribution is 2.14. The molecule has 0 saturated carbocycles. The number of benzene rings is 2. The molecule has 0 aromatic heterocycles. The minimum Gasteiger partial charge on any atom is -0.426 e. The first-order valence-electron chi connectivity index (χ1n) is 6.87. The van der Waals surface area contributed by atoms with Crippen LogP contribution in [0.5, 0.6) is 0 Å². The lowest BCUT2D eigenvalue weighted by Gasteiger charge is -2.14. The van der Waals surface area contributed by atoms with Gasteiger partial charge in [0.1, 0.15) is 0 Å². The smallest absolute Gasteiger partial charge is 0.426 e. The van der Waals surface area contributed by atoms with Gasteiger partial charge in [0, 0.05) is 5.56 Å². The Labute approximate surface area is 124 Å². The number of rotatable bonds is 5. The van der Waals surface area contributed by atoms with E-state index in [2.05, 4.69) is 5.32 Å². The molecule has 0 spiro atoms. The van der Waals surface area contributed by atoms with Crippen molar-refractivity contribution in [2.24, 2.45) is 0 Å². The SMILES string of the molecule is C[C@H](NC(=O)c1ccccc1Cc1ccccc1)B(O)O. The second-order valence-corrected chi connectivity index (χ2v) is 5.00. The van der Waals surface area contributed by atoms with Gasteiger partial charge >= 0.3 is 7.12 Å². The molecule has 0 aliphatic carbocycles. The van der Waals surface area contributed by atoms with Crippen molar-refractivity contribution >= 4 is 13.0 Å². The van der Waals surface area contributed by atoms with E-state index in [1.807, 2.05) is 42.5 Å². The predicted octanol–water partition coefficient (Wildman–Crippen LogP) is 1.41. The summed E-state index contributed by atoms with van der Waals surface area (Å²) in [5.41, 5.74) is 2.57. The van der Waals surface area contributed by atoms with E-state index in [1.54, 1.807) is 19.1 Å². The van der Waals surface area contributed by atoms with Gasteiger partial charge in [-0.25, -0.2) is 0 Å². The molecule has 0 radical (unpaired) electrons. The zero-order valence-electron chi connectivity index (χ0n) is 11.9. The van der Waals surface area contributed by atoms with Crippen molar-refractivity contribution < 1.29 is 14.8 Å². The molecule has 2 aromatic carbocycles. The average Bonchev–Trinajstić information content (AvgIpc) is 2.48. The standard InChI is InChI=1S/C16H18BNO3/c1-12(17(20)21)18-16(19)15-10-6-5-9-14(15)11-13-7-3-2-4-8-13/h2-10,12,20-21H,11H2,1H3,(H,18,19)/t12-/m0/s1. The number of nitrogens with one attached hydrogen (secondary N) is 1. The Morgan fingerprint density at radius 3 is 2.38 bits per heavy atom. The van der Waals surface area contributed by atoms with Crippen LogP contribution in [0.25, 0.3) is 0 Å². The molecule has 4 nitrogen and oxygen atoms in total. The van der Waals surface area contributed by atoms with Gasteiger partial charge in [-0.05, 0) is 30.5 Å². The fourth-order valence-electron chi connectivity index (χ4n) is 2.07. The minimum absolute atomic E-state index is 0.304. The fraction of sp³-hybridized carbons (Fsp3) is 0.188. The lowest BCUT2D eigenvalue weighted by Crippen LogP contribution is -2.44. The average molecular weight is 283 g/mol. The van der Waals surface area contributed by atoms with E-state index in [0.717, 1.165) is 11.1 Å². The van der Waals surface area contributed by atoms with E-state index in [0.29, 0.717) is 12.0 Å². The summed E-state index contributed by atoms with van der Waals surface area (Å²) in [6.07, 6.45) is 0.653. The third-order valence-electron chi connectivity index (χ3n) is 3.31. The maximum absolute atomic E-state index is 12.2. The van der Waals surface area contributed by atoms with Crippen LogP contribution in [0.4, 0.5) is 0 Å². The molecule has 0 aliphatic heterocycles. The molecule has 1 atom stereocenters. The van der Waals surface area contributed by atoms with Crippen molar-refractivity contribution in [3.63, 3.8) is 0 Å². The van der Waals surface area contributed by atoms with Crippen LogP contribution in [-0.2, 0) is 6.42 Å². The number of carbonyl (C=O) groups is 1. The van der Waals surface area contributed by atoms with Gasteiger partial charge in [0.15, 0.2) is 0 Å². The molecule has 0 unspecified atom stereocenters. The van der Waals surface area contributed by atoms with Gasteiger partial charge < -0.3 is 15.4 Å². The van der Waals surface area contributed by atoms with Crippen LogP contribution in [0.2, 0.25) is 0 Å². The van der Waals surface area contributed by atoms with E-state index in [4.69, 9.17) is 10.0 Å². The molecule has 5 heteroatoms. The molecule has 3 N–H and O–H groups in total. The second-order valence-electron chi connectivity index (χ2n) is 5.00. The maximum atomic E-state index is 12.2. The molecular formula is C16H18BNO3. The Kier molecular flexibility index (Phi) is 5.14. The van der Waals surface area contributed by atoms with Gasteiger partial charge in [-0.3, -0.25) is 4.79 Å². The van der Waals surface area contributed by atoms with Gasteiger partial charge in [0.05, 0.1) is 5.94 Å². The maximum Gasteiger partial charge on any atom is 0.475 e. The van der Waals surface area contributed by atoms with Gasteiger partial charge in [-0.15, -0.1) is 0 Å². The largest absolute Gasteiger partial charge is 0.475 e. The normalized spacial score (nSPS) is 11.8. The van der Waals surface area contributed by atoms with Crippen LogP contribution < -0.4 is 5.32 Å². The first kappa shape index (κ1) is 15.3. The van der Waals surface area contributed by atoms with Crippen LogP contribution in [0.3, 0.4) is 0 Å². The van der Waals surface area contributed by atoms with E-state index < -0.39 is 13.1 Å². The quantitative estimate of drug-likeness (QED) is 0.727. The van der Waals surface area contributed by atoms with Gasteiger partial charge in [0.25, 0.3) is 5.91 Å². The van der Waals surface area contributed by atoms with E-state index in [-0.39, 0.29) is 5.91 Å². The summed E-state index contributed by atoms with van der Waals surface area (Å²) in [6, 6.07) is 17.2. The molecule has 21 heavy (non-hydrogen) atoms. The monoisotopic (exact) mass is 283 g/mol. The summed E-state index contributed by atoms with van der Waals surface area (Å²) >= 11 is 0. The van der Waals surface area contributed by atoms with Crippen molar-refractivity contribution in [3.05, 3.63) is 71.3 Å². The first-order valence-corrected chi connectivity index (χ1v) is 6.87.